The molecular formula is C20H16N4OS. The average Bonchev–Trinajstić information content (AvgIpc) is 3.19. The van der Waals surface area contributed by atoms with Crippen molar-refractivity contribution < 1.29 is 4.74 Å². The number of hydrogen-bond acceptors (Lipinski definition) is 6. The van der Waals surface area contributed by atoms with Gasteiger partial charge in [0.05, 0.1) is 10.6 Å². The fourth-order valence-corrected chi connectivity index (χ4v) is 3.15. The summed E-state index contributed by atoms with van der Waals surface area (Å²) in [4.78, 5) is 9.60. The molecule has 0 bridgehead atoms. The molecule has 2 heterocycles. The van der Waals surface area contributed by atoms with Gasteiger partial charge in [0.1, 0.15) is 17.3 Å². The predicted molar refractivity (Wildman–Crippen MR) is 106 cm³/mol. The van der Waals surface area contributed by atoms with Crippen LogP contribution in [-0.4, -0.2) is 9.97 Å². The van der Waals surface area contributed by atoms with Crippen molar-refractivity contribution in [1.82, 2.24) is 9.97 Å². The summed E-state index contributed by atoms with van der Waals surface area (Å²) >= 11 is 1.61. The minimum atomic E-state index is 0.238. The van der Waals surface area contributed by atoms with Gasteiger partial charge in [0.2, 0.25) is 5.95 Å². The lowest BCUT2D eigenvalue weighted by molar-refractivity contribution is 0.483. The Hall–Kier alpha value is -3.38. The van der Waals surface area contributed by atoms with E-state index in [1.54, 1.807) is 11.3 Å². The van der Waals surface area contributed by atoms with Crippen molar-refractivity contribution in [2.75, 3.05) is 11.1 Å². The Morgan fingerprint density at radius 2 is 1.62 bits per heavy atom. The summed E-state index contributed by atoms with van der Waals surface area (Å²) in [5.74, 6) is 2.46. The number of ether oxygens (including phenoxy) is 1. The average molecular weight is 360 g/mol. The standard InChI is InChI=1S/C20H16N4OS/c21-20-23-17(18-7-4-12-26-18)13-19(24-20)22-14-8-10-16(11-9-14)25-15-5-2-1-3-6-15/h1-13H,(H3,21,22,23,24). The molecule has 0 aliphatic carbocycles. The van der Waals surface area contributed by atoms with E-state index in [1.807, 2.05) is 78.2 Å². The van der Waals surface area contributed by atoms with Gasteiger partial charge < -0.3 is 15.8 Å². The third-order valence-electron chi connectivity index (χ3n) is 3.62. The van der Waals surface area contributed by atoms with E-state index >= 15 is 0 Å². The molecule has 0 saturated heterocycles. The van der Waals surface area contributed by atoms with Crippen molar-refractivity contribution in [1.29, 1.82) is 0 Å². The first-order valence-electron chi connectivity index (χ1n) is 8.05. The summed E-state index contributed by atoms with van der Waals surface area (Å²) in [5, 5.41) is 5.26. The molecular weight excluding hydrogens is 344 g/mol. The monoisotopic (exact) mass is 360 g/mol. The summed E-state index contributed by atoms with van der Waals surface area (Å²) in [6, 6.07) is 23.2. The minimum Gasteiger partial charge on any atom is -0.457 e. The van der Waals surface area contributed by atoms with Gasteiger partial charge >= 0.3 is 0 Å². The van der Waals surface area contributed by atoms with Gasteiger partial charge in [0, 0.05) is 11.8 Å². The number of thiophene rings is 1. The topological polar surface area (TPSA) is 73.1 Å². The zero-order chi connectivity index (χ0) is 17.8. The first-order valence-corrected chi connectivity index (χ1v) is 8.93. The molecule has 128 valence electrons. The van der Waals surface area contributed by atoms with E-state index in [0.717, 1.165) is 27.8 Å². The highest BCUT2D eigenvalue weighted by atomic mass is 32.1. The molecule has 4 aromatic rings. The Morgan fingerprint density at radius 1 is 0.846 bits per heavy atom. The maximum atomic E-state index is 5.85. The van der Waals surface area contributed by atoms with Crippen LogP contribution < -0.4 is 15.8 Å². The smallest absolute Gasteiger partial charge is 0.222 e. The highest BCUT2D eigenvalue weighted by molar-refractivity contribution is 7.13. The van der Waals surface area contributed by atoms with Crippen LogP contribution in [0.15, 0.2) is 78.2 Å². The molecule has 6 heteroatoms. The molecule has 5 nitrogen and oxygen atoms in total. The second kappa shape index (κ2) is 7.25. The van der Waals surface area contributed by atoms with Gasteiger partial charge in [0.25, 0.3) is 0 Å². The molecule has 0 spiro atoms. The van der Waals surface area contributed by atoms with E-state index in [-0.39, 0.29) is 5.95 Å². The Morgan fingerprint density at radius 3 is 2.35 bits per heavy atom. The molecule has 0 aliphatic rings. The third-order valence-corrected chi connectivity index (χ3v) is 4.52. The van der Waals surface area contributed by atoms with Crippen molar-refractivity contribution in [3.05, 3.63) is 78.2 Å². The van der Waals surface area contributed by atoms with Crippen molar-refractivity contribution in [2.24, 2.45) is 0 Å². The van der Waals surface area contributed by atoms with Crippen LogP contribution in [0.4, 0.5) is 17.5 Å². The van der Waals surface area contributed by atoms with Crippen LogP contribution in [0, 0.1) is 0 Å². The number of nitrogens with two attached hydrogens (primary N) is 1. The quantitative estimate of drug-likeness (QED) is 0.504. The summed E-state index contributed by atoms with van der Waals surface area (Å²) in [7, 11) is 0. The van der Waals surface area contributed by atoms with Gasteiger partial charge in [-0.15, -0.1) is 11.3 Å². The Labute approximate surface area is 155 Å². The fraction of sp³-hybridized carbons (Fsp3) is 0. The van der Waals surface area contributed by atoms with Crippen molar-refractivity contribution in [2.45, 2.75) is 0 Å². The highest BCUT2D eigenvalue weighted by Crippen LogP contribution is 2.27. The zero-order valence-electron chi connectivity index (χ0n) is 13.8. The number of anilines is 3. The van der Waals surface area contributed by atoms with E-state index in [1.165, 1.54) is 0 Å². The lowest BCUT2D eigenvalue weighted by atomic mass is 10.3. The third kappa shape index (κ3) is 3.81. The van der Waals surface area contributed by atoms with Gasteiger partial charge in [-0.1, -0.05) is 24.3 Å². The van der Waals surface area contributed by atoms with Gasteiger partial charge in [-0.2, -0.15) is 4.98 Å². The van der Waals surface area contributed by atoms with E-state index in [0.29, 0.717) is 5.82 Å². The maximum Gasteiger partial charge on any atom is 0.222 e. The number of rotatable bonds is 5. The number of para-hydroxylation sites is 1. The first-order chi connectivity index (χ1) is 12.8. The number of hydrogen-bond donors (Lipinski definition) is 2. The Kier molecular flexibility index (Phi) is 4.49. The van der Waals surface area contributed by atoms with Crippen molar-refractivity contribution >= 4 is 28.8 Å². The summed E-state index contributed by atoms with van der Waals surface area (Å²) in [6.07, 6.45) is 0. The van der Waals surface area contributed by atoms with Gasteiger partial charge in [-0.05, 0) is 47.8 Å². The van der Waals surface area contributed by atoms with Gasteiger partial charge in [0.15, 0.2) is 0 Å². The molecule has 0 atom stereocenters. The number of aromatic nitrogens is 2. The van der Waals surface area contributed by atoms with Crippen molar-refractivity contribution in [3.8, 4) is 22.1 Å². The first kappa shape index (κ1) is 16.1. The minimum absolute atomic E-state index is 0.238. The number of nitrogen functional groups attached to an aromatic ring is 1. The van der Waals surface area contributed by atoms with E-state index in [2.05, 4.69) is 15.3 Å². The number of nitrogens with zero attached hydrogens (tertiary/aromatic N) is 2. The summed E-state index contributed by atoms with van der Waals surface area (Å²) in [5.41, 5.74) is 7.55. The highest BCUT2D eigenvalue weighted by Gasteiger charge is 2.06. The second-order valence-corrected chi connectivity index (χ2v) is 6.49. The predicted octanol–water partition coefficient (Wildman–Crippen LogP) is 5.32. The molecule has 0 aliphatic heterocycles. The van der Waals surface area contributed by atoms with Crippen LogP contribution in [0.2, 0.25) is 0 Å². The fourth-order valence-electron chi connectivity index (χ4n) is 2.46. The molecule has 0 unspecified atom stereocenters. The lowest BCUT2D eigenvalue weighted by Gasteiger charge is -2.09. The van der Waals surface area contributed by atoms with Crippen LogP contribution in [0.5, 0.6) is 11.5 Å². The molecule has 0 saturated carbocycles. The van der Waals surface area contributed by atoms with Crippen molar-refractivity contribution in [3.63, 3.8) is 0 Å². The molecule has 26 heavy (non-hydrogen) atoms. The molecule has 0 amide bonds. The van der Waals surface area contributed by atoms with Crippen LogP contribution >= 0.6 is 11.3 Å². The normalized spacial score (nSPS) is 10.5. The molecule has 2 aromatic heterocycles. The summed E-state index contributed by atoms with van der Waals surface area (Å²) < 4.78 is 5.80. The molecule has 0 fully saturated rings. The number of nitrogens with one attached hydrogen (secondary N) is 1. The Bertz CT molecular complexity index is 986. The maximum absolute atomic E-state index is 5.85. The molecule has 3 N–H and O–H groups in total. The SMILES string of the molecule is Nc1nc(Nc2ccc(Oc3ccccc3)cc2)cc(-c2cccs2)n1. The van der Waals surface area contributed by atoms with Gasteiger partial charge in [-0.25, -0.2) is 4.98 Å². The van der Waals surface area contributed by atoms with E-state index in [9.17, 15) is 0 Å². The molecule has 2 aromatic carbocycles. The van der Waals surface area contributed by atoms with Gasteiger partial charge in [-0.3, -0.25) is 0 Å². The van der Waals surface area contributed by atoms with E-state index in [4.69, 9.17) is 10.5 Å². The number of benzene rings is 2. The van der Waals surface area contributed by atoms with Crippen LogP contribution in [-0.2, 0) is 0 Å². The molecule has 0 radical (unpaired) electrons. The Balaban J connectivity index is 1.51. The zero-order valence-corrected chi connectivity index (χ0v) is 14.6. The van der Waals surface area contributed by atoms with Crippen LogP contribution in [0.25, 0.3) is 10.6 Å². The summed E-state index contributed by atoms with van der Waals surface area (Å²) in [6.45, 7) is 0. The van der Waals surface area contributed by atoms with Crippen LogP contribution in [0.1, 0.15) is 0 Å². The largest absolute Gasteiger partial charge is 0.457 e. The lowest BCUT2D eigenvalue weighted by Crippen LogP contribution is -2.01. The molecule has 4 rings (SSSR count). The second-order valence-electron chi connectivity index (χ2n) is 5.54. The van der Waals surface area contributed by atoms with E-state index < -0.39 is 0 Å². The van der Waals surface area contributed by atoms with Crippen LogP contribution in [0.3, 0.4) is 0 Å².